The van der Waals surface area contributed by atoms with E-state index in [2.05, 4.69) is 10.9 Å². The lowest BCUT2D eigenvalue weighted by molar-refractivity contribution is 0.101. The van der Waals surface area contributed by atoms with Crippen LogP contribution in [0.5, 0.6) is 0 Å². The van der Waals surface area contributed by atoms with E-state index in [4.69, 9.17) is 0 Å². The van der Waals surface area contributed by atoms with E-state index < -0.39 is 10.0 Å². The molecule has 0 saturated carbocycles. The molecule has 0 aromatic heterocycles. The van der Waals surface area contributed by atoms with Crippen LogP contribution in [-0.2, 0) is 10.0 Å². The van der Waals surface area contributed by atoms with Crippen LogP contribution in [-0.4, -0.2) is 38.1 Å². The normalized spacial score (nSPS) is 19.6. The number of hydrogen-bond donors (Lipinski definition) is 2. The molecule has 0 radical (unpaired) electrons. The van der Waals surface area contributed by atoms with Crippen LogP contribution in [0.1, 0.15) is 48.1 Å². The summed E-state index contributed by atoms with van der Waals surface area (Å²) in [7, 11) is -2.10. The monoisotopic (exact) mass is 419 g/mol. The highest BCUT2D eigenvalue weighted by atomic mass is 32.2. The number of nitrogens with one attached hydrogen (secondary N) is 2. The Morgan fingerprint density at radius 3 is 2.66 bits per heavy atom. The molecule has 1 saturated heterocycles. The topological polar surface area (TPSA) is 78.5 Å². The van der Waals surface area contributed by atoms with Crippen molar-refractivity contribution in [2.24, 2.45) is 0 Å². The summed E-state index contributed by atoms with van der Waals surface area (Å²) in [5, 5.41) is 0. The maximum absolute atomic E-state index is 13.4. The van der Waals surface area contributed by atoms with Gasteiger partial charge in [-0.1, -0.05) is 24.3 Å². The Balaban J connectivity index is 1.52. The minimum atomic E-state index is -3.65. The van der Waals surface area contributed by atoms with Crippen LogP contribution in [0.15, 0.2) is 53.4 Å². The molecule has 0 aliphatic carbocycles. The van der Waals surface area contributed by atoms with Crippen molar-refractivity contribution in [1.29, 1.82) is 0 Å². The summed E-state index contributed by atoms with van der Waals surface area (Å²) in [6.07, 6.45) is 2.27. The number of hydrogen-bond acceptors (Lipinski definition) is 5. The molecule has 3 rings (SSSR count). The van der Waals surface area contributed by atoms with Crippen molar-refractivity contribution >= 4 is 15.8 Å². The molecule has 2 aromatic rings. The number of ketones is 1. The van der Waals surface area contributed by atoms with Gasteiger partial charge in [0.15, 0.2) is 5.78 Å². The summed E-state index contributed by atoms with van der Waals surface area (Å²) in [4.78, 5) is 11.6. The second-order valence-corrected chi connectivity index (χ2v) is 9.43. The first-order chi connectivity index (χ1) is 13.8. The highest BCUT2D eigenvalue weighted by molar-refractivity contribution is 7.89. The first-order valence-corrected chi connectivity index (χ1v) is 11.1. The van der Waals surface area contributed by atoms with Gasteiger partial charge in [-0.25, -0.2) is 17.1 Å². The quantitative estimate of drug-likeness (QED) is 0.643. The Morgan fingerprint density at radius 2 is 1.93 bits per heavy atom. The fourth-order valence-corrected chi connectivity index (χ4v) is 4.75. The van der Waals surface area contributed by atoms with Crippen molar-refractivity contribution in [2.75, 3.05) is 13.6 Å². The zero-order valence-electron chi connectivity index (χ0n) is 16.6. The third kappa shape index (κ3) is 5.27. The lowest BCUT2D eigenvalue weighted by atomic mass is 10.00. The van der Waals surface area contributed by atoms with Crippen molar-refractivity contribution < 1.29 is 17.6 Å². The zero-order valence-corrected chi connectivity index (χ0v) is 17.4. The van der Waals surface area contributed by atoms with Crippen LogP contribution in [0.2, 0.25) is 0 Å². The van der Waals surface area contributed by atoms with Crippen LogP contribution in [0.25, 0.3) is 0 Å². The average molecular weight is 420 g/mol. The first kappa shape index (κ1) is 21.6. The molecular formula is C21H26FN3O3S. The maximum Gasteiger partial charge on any atom is 0.242 e. The largest absolute Gasteiger partial charge is 0.295 e. The van der Waals surface area contributed by atoms with Gasteiger partial charge in [0.05, 0.1) is 4.90 Å². The summed E-state index contributed by atoms with van der Waals surface area (Å²) >= 11 is 0. The number of carbonyl (C=O) groups is 1. The van der Waals surface area contributed by atoms with Crippen LogP contribution in [0.3, 0.4) is 0 Å². The third-order valence-electron chi connectivity index (χ3n) is 5.21. The molecule has 1 aliphatic rings. The molecule has 0 amide bonds. The van der Waals surface area contributed by atoms with E-state index in [1.54, 1.807) is 25.2 Å². The van der Waals surface area contributed by atoms with Gasteiger partial charge in [-0.15, -0.1) is 0 Å². The van der Waals surface area contributed by atoms with Gasteiger partial charge >= 0.3 is 0 Å². The minimum Gasteiger partial charge on any atom is -0.295 e. The Kier molecular flexibility index (Phi) is 6.79. The van der Waals surface area contributed by atoms with Gasteiger partial charge in [0.25, 0.3) is 0 Å². The summed E-state index contributed by atoms with van der Waals surface area (Å²) in [5.41, 5.74) is 7.66. The van der Waals surface area contributed by atoms with E-state index >= 15 is 0 Å². The minimum absolute atomic E-state index is 0.0338. The van der Waals surface area contributed by atoms with Gasteiger partial charge in [-0.05, 0) is 56.0 Å². The lowest BCUT2D eigenvalue weighted by Crippen LogP contribution is -2.32. The van der Waals surface area contributed by atoms with Crippen LogP contribution in [0.4, 0.5) is 4.39 Å². The lowest BCUT2D eigenvalue weighted by Gasteiger charge is -2.18. The Hall–Kier alpha value is -2.13. The fraction of sp³-hybridized carbons (Fsp3) is 0.381. The van der Waals surface area contributed by atoms with Crippen LogP contribution >= 0.6 is 0 Å². The standard InChI is InChI=1S/C21H26FN3O3S/c1-15(26)16-6-4-10-20(13-16)29(27,28)25(2)11-5-9-19-14-21(24-23-19)17-7-3-8-18(22)12-17/h3-4,6-8,10,12-13,19,21,23-24H,5,9,11,14H2,1-2H3. The molecule has 0 bridgehead atoms. The molecule has 2 atom stereocenters. The Bertz CT molecular complexity index is 981. The predicted molar refractivity (Wildman–Crippen MR) is 109 cm³/mol. The fourth-order valence-electron chi connectivity index (χ4n) is 3.49. The second-order valence-electron chi connectivity index (χ2n) is 7.38. The van der Waals surface area contributed by atoms with E-state index in [0.29, 0.717) is 18.5 Å². The van der Waals surface area contributed by atoms with E-state index in [-0.39, 0.29) is 28.6 Å². The number of rotatable bonds is 8. The highest BCUT2D eigenvalue weighted by Gasteiger charge is 2.26. The molecule has 1 aliphatic heterocycles. The van der Waals surface area contributed by atoms with E-state index in [1.807, 2.05) is 6.07 Å². The Labute approximate surface area is 171 Å². The first-order valence-electron chi connectivity index (χ1n) is 9.61. The predicted octanol–water partition coefficient (Wildman–Crippen LogP) is 3.04. The van der Waals surface area contributed by atoms with E-state index in [1.165, 1.54) is 35.5 Å². The van der Waals surface area contributed by atoms with Gasteiger partial charge in [0.1, 0.15) is 5.82 Å². The number of sulfonamides is 1. The summed E-state index contributed by atoms with van der Waals surface area (Å²) < 4.78 is 40.2. The van der Waals surface area contributed by atoms with Gasteiger partial charge in [0.2, 0.25) is 10.0 Å². The molecule has 2 N–H and O–H groups in total. The van der Waals surface area contributed by atoms with Crippen LogP contribution < -0.4 is 10.9 Å². The van der Waals surface area contributed by atoms with Crippen molar-refractivity contribution in [2.45, 2.75) is 43.2 Å². The molecule has 2 aromatic carbocycles. The van der Waals surface area contributed by atoms with Crippen molar-refractivity contribution in [3.05, 3.63) is 65.5 Å². The zero-order chi connectivity index (χ0) is 21.0. The number of benzene rings is 2. The number of halogens is 1. The summed E-state index contributed by atoms with van der Waals surface area (Å²) in [6.45, 7) is 1.78. The molecule has 0 spiro atoms. The van der Waals surface area contributed by atoms with E-state index in [9.17, 15) is 17.6 Å². The molecule has 6 nitrogen and oxygen atoms in total. The van der Waals surface area contributed by atoms with Gasteiger partial charge in [-0.3, -0.25) is 15.6 Å². The molecular weight excluding hydrogens is 393 g/mol. The van der Waals surface area contributed by atoms with E-state index in [0.717, 1.165) is 18.4 Å². The summed E-state index contributed by atoms with van der Waals surface area (Å²) in [6, 6.07) is 12.9. The van der Waals surface area contributed by atoms with Crippen molar-refractivity contribution in [1.82, 2.24) is 15.2 Å². The van der Waals surface area contributed by atoms with Gasteiger partial charge in [0, 0.05) is 31.2 Å². The van der Waals surface area contributed by atoms with Crippen molar-refractivity contribution in [3.8, 4) is 0 Å². The highest BCUT2D eigenvalue weighted by Crippen LogP contribution is 2.25. The number of hydrazine groups is 1. The molecule has 1 fully saturated rings. The molecule has 8 heteroatoms. The molecule has 1 heterocycles. The molecule has 2 unspecified atom stereocenters. The molecule has 156 valence electrons. The average Bonchev–Trinajstić information content (AvgIpc) is 3.17. The second kappa shape index (κ2) is 9.13. The SMILES string of the molecule is CC(=O)c1cccc(S(=O)(=O)N(C)CCCC2CC(c3cccc(F)c3)NN2)c1. The van der Waals surface area contributed by atoms with Gasteiger partial charge in [-0.2, -0.15) is 0 Å². The number of Topliss-reactive ketones (excluding diaryl/α,β-unsaturated/α-hetero) is 1. The summed E-state index contributed by atoms with van der Waals surface area (Å²) in [5.74, 6) is -0.425. The van der Waals surface area contributed by atoms with Crippen LogP contribution in [0, 0.1) is 5.82 Å². The third-order valence-corrected chi connectivity index (χ3v) is 7.06. The Morgan fingerprint density at radius 1 is 1.17 bits per heavy atom. The number of carbonyl (C=O) groups excluding carboxylic acids is 1. The maximum atomic E-state index is 13.4. The molecule has 29 heavy (non-hydrogen) atoms. The number of nitrogens with zero attached hydrogens (tertiary/aromatic N) is 1. The van der Waals surface area contributed by atoms with Crippen molar-refractivity contribution in [3.63, 3.8) is 0 Å². The smallest absolute Gasteiger partial charge is 0.242 e. The van der Waals surface area contributed by atoms with Gasteiger partial charge < -0.3 is 0 Å².